The summed E-state index contributed by atoms with van der Waals surface area (Å²) in [6.45, 7) is 0. The van der Waals surface area contributed by atoms with Crippen LogP contribution in [-0.2, 0) is 21.2 Å². The van der Waals surface area contributed by atoms with Crippen LogP contribution in [0.15, 0.2) is 73.5 Å². The number of azo groups is 1. The highest BCUT2D eigenvalue weighted by Crippen LogP contribution is 2.34. The van der Waals surface area contributed by atoms with E-state index in [1.165, 1.54) is 18.4 Å². The molecule has 0 saturated carbocycles. The van der Waals surface area contributed by atoms with E-state index in [1.54, 1.807) is 18.2 Å². The van der Waals surface area contributed by atoms with Gasteiger partial charge in [-0.25, -0.2) is 0 Å². The number of nitrogens with zero attached hydrogens (tertiary/aromatic N) is 2. The smallest absolute Gasteiger partial charge is 0.295 e. The molecule has 0 spiro atoms. The van der Waals surface area contributed by atoms with Crippen molar-refractivity contribution in [1.82, 2.24) is 0 Å². The highest BCUT2D eigenvalue weighted by molar-refractivity contribution is 7.92. The molecule has 1 aliphatic heterocycles. The molecule has 1 unspecified atom stereocenters. The van der Waals surface area contributed by atoms with Gasteiger partial charge >= 0.3 is 0 Å². The van der Waals surface area contributed by atoms with Crippen LogP contribution in [0.4, 0.5) is 5.69 Å². The highest BCUT2D eigenvalue weighted by atomic mass is 32.2. The van der Waals surface area contributed by atoms with E-state index in [4.69, 9.17) is 4.42 Å². The van der Waals surface area contributed by atoms with E-state index in [2.05, 4.69) is 15.0 Å². The van der Waals surface area contributed by atoms with E-state index >= 15 is 0 Å². The predicted molar refractivity (Wildman–Crippen MR) is 98.8 cm³/mol. The predicted octanol–water partition coefficient (Wildman–Crippen LogP) is 3.85. The number of anilines is 1. The van der Waals surface area contributed by atoms with Gasteiger partial charge in [-0.1, -0.05) is 12.1 Å². The molecule has 1 amide bonds. The van der Waals surface area contributed by atoms with Crippen molar-refractivity contribution in [1.29, 1.82) is 0 Å². The van der Waals surface area contributed by atoms with Crippen molar-refractivity contribution in [3.63, 3.8) is 0 Å². The Hall–Kier alpha value is -2.74. The number of carbonyl (C=O) groups excluding carboxylic acids is 1. The number of nitrogens with one attached hydrogen (secondary N) is 1. The largest absolute Gasteiger partial charge is 0.451 e. The maximum absolute atomic E-state index is 12.3. The van der Waals surface area contributed by atoms with Gasteiger partial charge in [-0.2, -0.15) is 13.5 Å². The van der Waals surface area contributed by atoms with Crippen LogP contribution in [0.25, 0.3) is 0 Å². The maximum atomic E-state index is 12.3. The van der Waals surface area contributed by atoms with Crippen LogP contribution in [0.5, 0.6) is 0 Å². The van der Waals surface area contributed by atoms with Crippen LogP contribution in [0.3, 0.4) is 0 Å². The number of amides is 1. The lowest BCUT2D eigenvalue weighted by atomic mass is 9.84. The van der Waals surface area contributed by atoms with Gasteiger partial charge in [0, 0.05) is 17.7 Å². The molecule has 2 aliphatic rings. The van der Waals surface area contributed by atoms with E-state index in [1.807, 2.05) is 6.07 Å². The number of carbonyl (C=O) groups is 1. The van der Waals surface area contributed by atoms with Gasteiger partial charge in [-0.15, -0.1) is 5.11 Å². The molecule has 140 valence electrons. The van der Waals surface area contributed by atoms with Gasteiger partial charge in [0.25, 0.3) is 15.9 Å². The summed E-state index contributed by atoms with van der Waals surface area (Å²) >= 11 is 0. The van der Waals surface area contributed by atoms with Gasteiger partial charge in [0.15, 0.2) is 0 Å². The fraction of sp³-hybridized carbons (Fsp3) is 0.316. The molecule has 2 aromatic rings. The molecule has 0 fully saturated rings. The van der Waals surface area contributed by atoms with Gasteiger partial charge in [0.05, 0.1) is 12.3 Å². The molecule has 7 nitrogen and oxygen atoms in total. The highest BCUT2D eigenvalue weighted by Gasteiger charge is 2.29. The molecule has 1 atom stereocenters. The van der Waals surface area contributed by atoms with E-state index in [0.717, 1.165) is 42.4 Å². The summed E-state index contributed by atoms with van der Waals surface area (Å²) in [5, 5.41) is 7.88. The average Bonchev–Trinajstić information content (AvgIpc) is 3.20. The lowest BCUT2D eigenvalue weighted by Gasteiger charge is -2.25. The van der Waals surface area contributed by atoms with Crippen LogP contribution >= 0.6 is 0 Å². The summed E-state index contributed by atoms with van der Waals surface area (Å²) in [6, 6.07) is 9.92. The molecule has 4 rings (SSSR count). The lowest BCUT2D eigenvalue weighted by Crippen LogP contribution is -2.23. The first-order valence-corrected chi connectivity index (χ1v) is 10.3. The van der Waals surface area contributed by atoms with E-state index in [9.17, 15) is 13.2 Å². The SMILES string of the molecule is O=C1N=NC(Cc2cccc(NS(=O)(=O)c3ccco3)c2)C2=C1CCCC2. The summed E-state index contributed by atoms with van der Waals surface area (Å²) in [5.74, 6) is -0.207. The van der Waals surface area contributed by atoms with Gasteiger partial charge in [0.1, 0.15) is 0 Å². The van der Waals surface area contributed by atoms with Gasteiger partial charge < -0.3 is 4.42 Å². The molecule has 27 heavy (non-hydrogen) atoms. The first-order valence-electron chi connectivity index (χ1n) is 8.85. The second-order valence-corrected chi connectivity index (χ2v) is 8.30. The molecule has 0 bridgehead atoms. The van der Waals surface area contributed by atoms with Crippen molar-refractivity contribution < 1.29 is 17.6 Å². The van der Waals surface area contributed by atoms with Crippen LogP contribution in [0, 0.1) is 0 Å². The van der Waals surface area contributed by atoms with Crippen molar-refractivity contribution >= 4 is 21.6 Å². The zero-order chi connectivity index (χ0) is 18.9. The Bertz CT molecular complexity index is 1020. The molecule has 8 heteroatoms. The molecule has 1 aliphatic carbocycles. The minimum Gasteiger partial charge on any atom is -0.451 e. The average molecular weight is 385 g/mol. The molecular formula is C19H19N3O4S. The first kappa shape index (κ1) is 17.7. The molecule has 1 aromatic heterocycles. The Kier molecular flexibility index (Phi) is 4.65. The first-order chi connectivity index (χ1) is 13.0. The molecule has 0 saturated heterocycles. The topological polar surface area (TPSA) is 101 Å². The fourth-order valence-electron chi connectivity index (χ4n) is 3.56. The Morgan fingerprint density at radius 1 is 1.15 bits per heavy atom. The fourth-order valence-corrected chi connectivity index (χ4v) is 4.54. The van der Waals surface area contributed by atoms with Crippen molar-refractivity contribution in [3.05, 3.63) is 59.4 Å². The van der Waals surface area contributed by atoms with Gasteiger partial charge in [-0.3, -0.25) is 9.52 Å². The third-order valence-electron chi connectivity index (χ3n) is 4.83. The zero-order valence-corrected chi connectivity index (χ0v) is 15.4. The monoisotopic (exact) mass is 385 g/mol. The number of hydrogen-bond acceptors (Lipinski definition) is 5. The lowest BCUT2D eigenvalue weighted by molar-refractivity contribution is -0.115. The summed E-state index contributed by atoms with van der Waals surface area (Å²) in [7, 11) is -3.76. The quantitative estimate of drug-likeness (QED) is 0.844. The normalized spacial score (nSPS) is 19.9. The second-order valence-electron chi connectivity index (χ2n) is 6.69. The minimum absolute atomic E-state index is 0.135. The van der Waals surface area contributed by atoms with Crippen LogP contribution in [0.1, 0.15) is 31.2 Å². The number of sulfonamides is 1. The zero-order valence-electron chi connectivity index (χ0n) is 14.6. The second kappa shape index (κ2) is 7.11. The number of rotatable bonds is 5. The Morgan fingerprint density at radius 3 is 2.81 bits per heavy atom. The number of benzene rings is 1. The van der Waals surface area contributed by atoms with Gasteiger partial charge in [-0.05, 0) is 61.1 Å². The van der Waals surface area contributed by atoms with Crippen LogP contribution < -0.4 is 4.72 Å². The third kappa shape index (κ3) is 3.71. The van der Waals surface area contributed by atoms with Crippen molar-refractivity contribution in [3.8, 4) is 0 Å². The Morgan fingerprint density at radius 2 is 2.00 bits per heavy atom. The summed E-state index contributed by atoms with van der Waals surface area (Å²) in [4.78, 5) is 11.9. The standard InChI is InChI=1S/C19H19N3O4S/c23-19-16-8-2-1-7-15(16)17(20-21-19)12-13-5-3-6-14(11-13)22-27(24,25)18-9-4-10-26-18/h3-6,9-11,17,22H,1-2,7-8,12H2. The summed E-state index contributed by atoms with van der Waals surface area (Å²) < 4.78 is 32.1. The van der Waals surface area contributed by atoms with E-state index in [0.29, 0.717) is 12.1 Å². The van der Waals surface area contributed by atoms with E-state index < -0.39 is 10.0 Å². The molecule has 1 N–H and O–H groups in total. The third-order valence-corrected chi connectivity index (χ3v) is 6.09. The Balaban J connectivity index is 1.54. The molecular weight excluding hydrogens is 366 g/mol. The molecule has 0 radical (unpaired) electrons. The van der Waals surface area contributed by atoms with Crippen molar-refractivity contribution in [2.75, 3.05) is 4.72 Å². The molecule has 2 heterocycles. The summed E-state index contributed by atoms with van der Waals surface area (Å²) in [6.07, 6.45) is 5.60. The van der Waals surface area contributed by atoms with Crippen molar-refractivity contribution in [2.24, 2.45) is 10.2 Å². The van der Waals surface area contributed by atoms with E-state index in [-0.39, 0.29) is 17.0 Å². The van der Waals surface area contributed by atoms with Crippen molar-refractivity contribution in [2.45, 2.75) is 43.2 Å². The minimum atomic E-state index is -3.76. The number of hydrogen-bond donors (Lipinski definition) is 1. The number of furan rings is 1. The summed E-state index contributed by atoms with van der Waals surface area (Å²) in [5.41, 5.74) is 3.27. The Labute approximate surface area is 157 Å². The maximum Gasteiger partial charge on any atom is 0.295 e. The van der Waals surface area contributed by atoms with Crippen LogP contribution in [0.2, 0.25) is 0 Å². The molecule has 1 aromatic carbocycles. The van der Waals surface area contributed by atoms with Crippen LogP contribution in [-0.4, -0.2) is 20.4 Å². The van der Waals surface area contributed by atoms with Gasteiger partial charge in [0.2, 0.25) is 5.09 Å².